The summed E-state index contributed by atoms with van der Waals surface area (Å²) >= 11 is 0. The summed E-state index contributed by atoms with van der Waals surface area (Å²) in [6.45, 7) is 5.23. The van der Waals surface area contributed by atoms with E-state index in [1.807, 2.05) is 29.2 Å². The molecule has 2 aliphatic heterocycles. The van der Waals surface area contributed by atoms with Crippen LogP contribution in [0.3, 0.4) is 0 Å². The van der Waals surface area contributed by atoms with E-state index >= 15 is 0 Å². The van der Waals surface area contributed by atoms with Crippen LogP contribution in [-0.2, 0) is 4.79 Å². The molecule has 2 saturated heterocycles. The third-order valence-corrected chi connectivity index (χ3v) is 8.18. The van der Waals surface area contributed by atoms with Crippen LogP contribution < -0.4 is 4.74 Å². The topological polar surface area (TPSA) is 68.9 Å². The first-order valence-corrected chi connectivity index (χ1v) is 13.1. The van der Waals surface area contributed by atoms with Crippen molar-refractivity contribution >= 4 is 22.7 Å². The number of piperidine rings is 1. The Balaban J connectivity index is 1.08. The van der Waals surface area contributed by atoms with Gasteiger partial charge in [-0.3, -0.25) is 14.5 Å². The average molecular weight is 467 g/mol. The second-order valence-electron chi connectivity index (χ2n) is 10.3. The van der Waals surface area contributed by atoms with E-state index in [1.54, 1.807) is 7.11 Å². The summed E-state index contributed by atoms with van der Waals surface area (Å²) in [6, 6.07) is 8.45. The zero-order valence-corrected chi connectivity index (χ0v) is 20.4. The molecule has 1 aliphatic carbocycles. The SMILES string of the molecule is COc1ccc2cc(C(=O)N3CCC(CC(=O)N4CCN(C5CCCCC5)CC4)CC3)[nH]c2c1. The maximum atomic E-state index is 13.0. The third kappa shape index (κ3) is 5.09. The second kappa shape index (κ2) is 10.4. The zero-order valence-electron chi connectivity index (χ0n) is 20.4. The molecule has 0 bridgehead atoms. The van der Waals surface area contributed by atoms with Crippen molar-refractivity contribution in [3.05, 3.63) is 30.0 Å². The van der Waals surface area contributed by atoms with Gasteiger partial charge in [-0.15, -0.1) is 0 Å². The standard InChI is InChI=1S/C27H38N4O3/c1-34-23-8-7-21-18-25(28-24(21)19-23)27(33)31-11-9-20(10-12-31)17-26(32)30-15-13-29(14-16-30)22-5-3-2-4-6-22/h7-8,18-20,22,28H,2-6,9-17H2,1H3. The molecule has 2 aromatic rings. The van der Waals surface area contributed by atoms with Gasteiger partial charge in [-0.05, 0) is 49.8 Å². The highest BCUT2D eigenvalue weighted by Crippen LogP contribution is 2.27. The van der Waals surface area contributed by atoms with Crippen molar-refractivity contribution in [3.8, 4) is 5.75 Å². The molecule has 184 valence electrons. The van der Waals surface area contributed by atoms with Gasteiger partial charge in [-0.25, -0.2) is 0 Å². The van der Waals surface area contributed by atoms with Gasteiger partial charge in [-0.2, -0.15) is 0 Å². The Morgan fingerprint density at radius 3 is 2.35 bits per heavy atom. The van der Waals surface area contributed by atoms with Gasteiger partial charge in [0, 0.05) is 68.7 Å². The molecular weight excluding hydrogens is 428 g/mol. The van der Waals surface area contributed by atoms with Crippen LogP contribution in [-0.4, -0.2) is 83.9 Å². The number of nitrogens with zero attached hydrogens (tertiary/aromatic N) is 3. The molecule has 1 aromatic heterocycles. The number of amides is 2. The molecule has 7 nitrogen and oxygen atoms in total. The fourth-order valence-corrected chi connectivity index (χ4v) is 6.02. The van der Waals surface area contributed by atoms with Crippen LogP contribution in [0.25, 0.3) is 10.9 Å². The maximum absolute atomic E-state index is 13.0. The second-order valence-corrected chi connectivity index (χ2v) is 10.3. The smallest absolute Gasteiger partial charge is 0.270 e. The lowest BCUT2D eigenvalue weighted by Gasteiger charge is -2.41. The third-order valence-electron chi connectivity index (χ3n) is 8.18. The number of piperazine rings is 1. The number of benzene rings is 1. The zero-order chi connectivity index (χ0) is 23.5. The minimum absolute atomic E-state index is 0.0405. The molecule has 1 aromatic carbocycles. The Morgan fingerprint density at radius 2 is 1.65 bits per heavy atom. The number of aromatic nitrogens is 1. The molecule has 3 aliphatic rings. The van der Waals surface area contributed by atoms with Crippen molar-refractivity contribution in [2.75, 3.05) is 46.4 Å². The first kappa shape index (κ1) is 23.2. The number of rotatable bonds is 5. The summed E-state index contributed by atoms with van der Waals surface area (Å²) in [5, 5.41) is 1.01. The fourth-order valence-electron chi connectivity index (χ4n) is 6.02. The van der Waals surface area contributed by atoms with E-state index in [9.17, 15) is 9.59 Å². The lowest BCUT2D eigenvalue weighted by molar-refractivity contribution is -0.134. The molecule has 1 saturated carbocycles. The normalized spacial score (nSPS) is 21.2. The van der Waals surface area contributed by atoms with Gasteiger partial charge in [0.15, 0.2) is 0 Å². The van der Waals surface area contributed by atoms with E-state index in [2.05, 4.69) is 14.8 Å². The van der Waals surface area contributed by atoms with Gasteiger partial charge in [-0.1, -0.05) is 19.3 Å². The summed E-state index contributed by atoms with van der Waals surface area (Å²) < 4.78 is 5.28. The van der Waals surface area contributed by atoms with Crippen molar-refractivity contribution in [2.24, 2.45) is 5.92 Å². The van der Waals surface area contributed by atoms with Gasteiger partial charge in [0.1, 0.15) is 11.4 Å². The van der Waals surface area contributed by atoms with Crippen molar-refractivity contribution in [3.63, 3.8) is 0 Å². The van der Waals surface area contributed by atoms with E-state index in [4.69, 9.17) is 4.74 Å². The number of carbonyl (C=O) groups is 2. The number of nitrogens with one attached hydrogen (secondary N) is 1. The van der Waals surface area contributed by atoms with E-state index in [1.165, 1.54) is 32.1 Å². The number of methoxy groups -OCH3 is 1. The Hall–Kier alpha value is -2.54. The molecular formula is C27H38N4O3. The van der Waals surface area contributed by atoms with Gasteiger partial charge >= 0.3 is 0 Å². The fraction of sp³-hybridized carbons (Fsp3) is 0.630. The lowest BCUT2D eigenvalue weighted by Crippen LogP contribution is -2.52. The highest BCUT2D eigenvalue weighted by molar-refractivity contribution is 5.98. The predicted molar refractivity (Wildman–Crippen MR) is 133 cm³/mol. The minimum Gasteiger partial charge on any atom is -0.497 e. The Labute approximate surface area is 202 Å². The first-order valence-electron chi connectivity index (χ1n) is 13.1. The van der Waals surface area contributed by atoms with Crippen LogP contribution in [0.2, 0.25) is 0 Å². The molecule has 1 N–H and O–H groups in total. The summed E-state index contributed by atoms with van der Waals surface area (Å²) in [5.41, 5.74) is 1.53. The summed E-state index contributed by atoms with van der Waals surface area (Å²) in [7, 11) is 1.64. The quantitative estimate of drug-likeness (QED) is 0.726. The molecule has 0 atom stereocenters. The van der Waals surface area contributed by atoms with Crippen molar-refractivity contribution in [2.45, 2.75) is 57.4 Å². The predicted octanol–water partition coefficient (Wildman–Crippen LogP) is 3.90. The number of aromatic amines is 1. The highest BCUT2D eigenvalue weighted by atomic mass is 16.5. The largest absolute Gasteiger partial charge is 0.497 e. The van der Waals surface area contributed by atoms with Gasteiger partial charge in [0.05, 0.1) is 7.11 Å². The lowest BCUT2D eigenvalue weighted by atomic mass is 9.92. The summed E-state index contributed by atoms with van der Waals surface area (Å²) in [5.74, 6) is 1.49. The number of fused-ring (bicyclic) bond motifs is 1. The van der Waals surface area contributed by atoms with Gasteiger partial charge in [0.2, 0.25) is 5.91 Å². The first-order chi connectivity index (χ1) is 16.6. The molecule has 3 heterocycles. The van der Waals surface area contributed by atoms with Gasteiger partial charge in [0.25, 0.3) is 5.91 Å². The van der Waals surface area contributed by atoms with Crippen molar-refractivity contribution in [1.82, 2.24) is 19.7 Å². The average Bonchev–Trinajstić information content (AvgIpc) is 3.33. The monoisotopic (exact) mass is 466 g/mol. The summed E-state index contributed by atoms with van der Waals surface area (Å²) in [4.78, 5) is 35.9. The van der Waals surface area contributed by atoms with Crippen molar-refractivity contribution in [1.29, 1.82) is 0 Å². The molecule has 0 radical (unpaired) electrons. The number of hydrogen-bond donors (Lipinski definition) is 1. The van der Waals surface area contributed by atoms with Crippen LogP contribution in [0.4, 0.5) is 0 Å². The number of H-pyrrole nitrogens is 1. The highest BCUT2D eigenvalue weighted by Gasteiger charge is 2.30. The molecule has 0 unspecified atom stereocenters. The van der Waals surface area contributed by atoms with Crippen LogP contribution in [0.15, 0.2) is 24.3 Å². The van der Waals surface area contributed by atoms with Crippen LogP contribution in [0, 0.1) is 5.92 Å². The molecule has 5 rings (SSSR count). The summed E-state index contributed by atoms with van der Waals surface area (Å²) in [6.07, 6.45) is 9.19. The number of hydrogen-bond acceptors (Lipinski definition) is 4. The molecule has 7 heteroatoms. The number of carbonyl (C=O) groups excluding carboxylic acids is 2. The van der Waals surface area contributed by atoms with E-state index < -0.39 is 0 Å². The number of ether oxygens (including phenoxy) is 1. The van der Waals surface area contributed by atoms with Gasteiger partial charge < -0.3 is 19.5 Å². The number of likely N-dealkylation sites (tertiary alicyclic amines) is 1. The van der Waals surface area contributed by atoms with E-state index in [-0.39, 0.29) is 5.91 Å². The molecule has 3 fully saturated rings. The van der Waals surface area contributed by atoms with Crippen molar-refractivity contribution < 1.29 is 14.3 Å². The maximum Gasteiger partial charge on any atom is 0.270 e. The van der Waals surface area contributed by atoms with Crippen LogP contribution in [0.1, 0.15) is 61.9 Å². The minimum atomic E-state index is 0.0405. The van der Waals surface area contributed by atoms with E-state index in [0.29, 0.717) is 37.0 Å². The van der Waals surface area contributed by atoms with E-state index in [0.717, 1.165) is 61.7 Å². The Bertz CT molecular complexity index is 996. The molecule has 0 spiro atoms. The van der Waals surface area contributed by atoms with Crippen LogP contribution in [0.5, 0.6) is 5.75 Å². The Morgan fingerprint density at radius 1 is 0.912 bits per heavy atom. The van der Waals surface area contributed by atoms with Crippen LogP contribution >= 0.6 is 0 Å². The molecule has 2 amide bonds. The molecule has 34 heavy (non-hydrogen) atoms. The Kier molecular flexibility index (Phi) is 7.09.